The highest BCUT2D eigenvalue weighted by Gasteiger charge is 2.30. The molecule has 38 heavy (non-hydrogen) atoms. The molecule has 1 aliphatic rings. The molecule has 5 rings (SSSR count). The van der Waals surface area contributed by atoms with E-state index in [1.807, 2.05) is 24.3 Å². The number of amides is 2. The Morgan fingerprint density at radius 2 is 2.00 bits per heavy atom. The van der Waals surface area contributed by atoms with E-state index in [4.69, 9.17) is 9.72 Å². The summed E-state index contributed by atoms with van der Waals surface area (Å²) >= 11 is 0. The summed E-state index contributed by atoms with van der Waals surface area (Å²) < 4.78 is 21.7. The van der Waals surface area contributed by atoms with Gasteiger partial charge < -0.3 is 15.4 Å². The van der Waals surface area contributed by atoms with Crippen LogP contribution in [0, 0.1) is 5.82 Å². The molecule has 4 aromatic rings. The molecule has 0 saturated heterocycles. The summed E-state index contributed by atoms with van der Waals surface area (Å²) in [4.78, 5) is 40.8. The zero-order valence-electron chi connectivity index (χ0n) is 21.1. The molecule has 1 atom stereocenters. The van der Waals surface area contributed by atoms with Gasteiger partial charge in [-0.15, -0.1) is 0 Å². The predicted octanol–water partition coefficient (Wildman–Crippen LogP) is 4.01. The minimum atomic E-state index is -0.473. The molecule has 2 aromatic heterocycles. The lowest BCUT2D eigenvalue weighted by atomic mass is 9.98. The Morgan fingerprint density at radius 3 is 2.79 bits per heavy atom. The zero-order valence-corrected chi connectivity index (χ0v) is 21.1. The smallest absolute Gasteiger partial charge is 0.272 e. The topological polar surface area (TPSA) is 114 Å². The number of nitrogens with zero attached hydrogens (tertiary/aromatic N) is 5. The number of fused-ring (bicyclic) bond motifs is 2. The summed E-state index contributed by atoms with van der Waals surface area (Å²) in [5.41, 5.74) is 2.13. The maximum atomic E-state index is 14.1. The Bertz CT molecular complexity index is 1490. The molecular formula is C27H28FN7O3. The van der Waals surface area contributed by atoms with Gasteiger partial charge in [-0.05, 0) is 37.5 Å². The molecular weight excluding hydrogens is 489 g/mol. The number of aromatic nitrogens is 4. The molecule has 1 aliphatic heterocycles. The van der Waals surface area contributed by atoms with Crippen molar-refractivity contribution in [1.29, 1.82) is 0 Å². The lowest BCUT2D eigenvalue weighted by Crippen LogP contribution is -2.31. The molecule has 0 bridgehead atoms. The highest BCUT2D eigenvalue weighted by molar-refractivity contribution is 6.01. The second kappa shape index (κ2) is 10.8. The summed E-state index contributed by atoms with van der Waals surface area (Å²) in [5, 5.41) is 5.61. The van der Waals surface area contributed by atoms with E-state index in [0.29, 0.717) is 36.2 Å². The molecule has 10 nitrogen and oxygen atoms in total. The number of halogens is 1. The van der Waals surface area contributed by atoms with Crippen molar-refractivity contribution in [3.05, 3.63) is 65.9 Å². The third-order valence-electron chi connectivity index (χ3n) is 6.65. The van der Waals surface area contributed by atoms with Crippen LogP contribution in [0.3, 0.4) is 0 Å². The predicted molar refractivity (Wildman–Crippen MR) is 141 cm³/mol. The van der Waals surface area contributed by atoms with Crippen LogP contribution in [0.2, 0.25) is 0 Å². The largest absolute Gasteiger partial charge is 0.493 e. The van der Waals surface area contributed by atoms with Crippen LogP contribution in [0.4, 0.5) is 15.9 Å². The lowest BCUT2D eigenvalue weighted by molar-refractivity contribution is -0.108. The maximum absolute atomic E-state index is 14.1. The molecule has 0 aliphatic carbocycles. The molecule has 0 radical (unpaired) electrons. The van der Waals surface area contributed by atoms with E-state index >= 15 is 0 Å². The third-order valence-corrected chi connectivity index (χ3v) is 6.65. The summed E-state index contributed by atoms with van der Waals surface area (Å²) in [6.07, 6.45) is 5.56. The molecule has 0 fully saturated rings. The summed E-state index contributed by atoms with van der Waals surface area (Å²) in [6, 6.07) is 11.4. The minimum Gasteiger partial charge on any atom is -0.493 e. The number of para-hydroxylation sites is 1. The molecule has 2 aromatic carbocycles. The quantitative estimate of drug-likeness (QED) is 0.372. The van der Waals surface area contributed by atoms with Gasteiger partial charge in [-0.2, -0.15) is 4.98 Å². The van der Waals surface area contributed by atoms with Gasteiger partial charge in [0.1, 0.15) is 23.6 Å². The van der Waals surface area contributed by atoms with E-state index in [9.17, 15) is 14.0 Å². The SMILES string of the molecule is CNC(=O)c1nc(-n2cnc3ccc(F)cc32)nc(N(C=O)C2CCCCCOc3ccccc32)c1NC. The normalized spacial score (nSPS) is 15.4. The fraction of sp³-hybridized carbons (Fsp3) is 0.296. The van der Waals surface area contributed by atoms with Crippen molar-refractivity contribution in [2.75, 3.05) is 30.9 Å². The van der Waals surface area contributed by atoms with Gasteiger partial charge in [-0.1, -0.05) is 24.6 Å². The molecule has 0 saturated carbocycles. The summed E-state index contributed by atoms with van der Waals surface area (Å²) in [5.74, 6) is 0.0659. The molecule has 3 heterocycles. The average molecular weight is 518 g/mol. The number of carbonyl (C=O) groups is 2. The highest BCUT2D eigenvalue weighted by atomic mass is 19.1. The van der Waals surface area contributed by atoms with Crippen molar-refractivity contribution < 1.29 is 18.7 Å². The van der Waals surface area contributed by atoms with Gasteiger partial charge in [0, 0.05) is 25.7 Å². The third kappa shape index (κ3) is 4.62. The first-order valence-corrected chi connectivity index (χ1v) is 12.5. The number of ether oxygens (including phenoxy) is 1. The van der Waals surface area contributed by atoms with Crippen LogP contribution in [0.5, 0.6) is 5.75 Å². The van der Waals surface area contributed by atoms with Gasteiger partial charge in [-0.25, -0.2) is 14.4 Å². The second-order valence-electron chi connectivity index (χ2n) is 8.91. The standard InChI is InChI=1S/C27H28FN7O3/c1-29-23-24(26(37)30-2)32-27(34-15-31-19-12-11-17(28)14-21(19)34)33-25(23)35(16-36)20-9-4-3-7-13-38-22-10-6-5-8-18(20)22/h5-6,8,10-12,14-16,20,29H,3-4,7,9,13H2,1-2H3,(H,30,37). The Balaban J connectivity index is 1.73. The van der Waals surface area contributed by atoms with Crippen LogP contribution in [0.25, 0.3) is 17.0 Å². The van der Waals surface area contributed by atoms with E-state index in [2.05, 4.69) is 20.6 Å². The van der Waals surface area contributed by atoms with E-state index < -0.39 is 17.8 Å². The summed E-state index contributed by atoms with van der Waals surface area (Å²) in [7, 11) is 3.13. The van der Waals surface area contributed by atoms with E-state index in [0.717, 1.165) is 24.8 Å². The van der Waals surface area contributed by atoms with Crippen molar-refractivity contribution in [3.63, 3.8) is 0 Å². The number of imidazole rings is 1. The molecule has 1 unspecified atom stereocenters. The van der Waals surface area contributed by atoms with Crippen LogP contribution < -0.4 is 20.3 Å². The number of carbonyl (C=O) groups excluding carboxylic acids is 2. The number of hydrogen-bond donors (Lipinski definition) is 2. The van der Waals surface area contributed by atoms with Crippen molar-refractivity contribution >= 4 is 34.9 Å². The monoisotopic (exact) mass is 517 g/mol. The van der Waals surface area contributed by atoms with Crippen molar-refractivity contribution in [2.45, 2.75) is 31.7 Å². The first kappa shape index (κ1) is 25.1. The minimum absolute atomic E-state index is 0.0349. The second-order valence-corrected chi connectivity index (χ2v) is 8.91. The Hall–Kier alpha value is -4.54. The highest BCUT2D eigenvalue weighted by Crippen LogP contribution is 2.39. The van der Waals surface area contributed by atoms with Crippen LogP contribution in [-0.4, -0.2) is 52.5 Å². The number of nitrogens with one attached hydrogen (secondary N) is 2. The van der Waals surface area contributed by atoms with Gasteiger partial charge in [0.05, 0.1) is 23.7 Å². The van der Waals surface area contributed by atoms with Crippen LogP contribution >= 0.6 is 0 Å². The number of anilines is 2. The van der Waals surface area contributed by atoms with Gasteiger partial charge in [-0.3, -0.25) is 19.1 Å². The molecule has 196 valence electrons. The van der Waals surface area contributed by atoms with Crippen molar-refractivity contribution in [1.82, 2.24) is 24.8 Å². The molecule has 2 N–H and O–H groups in total. The fourth-order valence-electron chi connectivity index (χ4n) is 4.79. The van der Waals surface area contributed by atoms with E-state index in [1.54, 1.807) is 13.1 Å². The molecule has 0 spiro atoms. The van der Waals surface area contributed by atoms with Gasteiger partial charge >= 0.3 is 0 Å². The average Bonchev–Trinajstić information content (AvgIpc) is 3.39. The van der Waals surface area contributed by atoms with Gasteiger partial charge in [0.15, 0.2) is 11.5 Å². The van der Waals surface area contributed by atoms with Crippen LogP contribution in [-0.2, 0) is 4.79 Å². The van der Waals surface area contributed by atoms with Gasteiger partial charge in [0.2, 0.25) is 12.4 Å². The molecule has 2 amide bonds. The Labute approximate surface area is 218 Å². The maximum Gasteiger partial charge on any atom is 0.272 e. The first-order chi connectivity index (χ1) is 18.5. The zero-order chi connectivity index (χ0) is 26.6. The van der Waals surface area contributed by atoms with Crippen molar-refractivity contribution in [2.24, 2.45) is 0 Å². The Kier molecular flexibility index (Phi) is 7.16. The number of hydrogen-bond acceptors (Lipinski definition) is 7. The fourth-order valence-corrected chi connectivity index (χ4v) is 4.79. The molecule has 11 heteroatoms. The van der Waals surface area contributed by atoms with Crippen LogP contribution in [0.15, 0.2) is 48.8 Å². The van der Waals surface area contributed by atoms with E-state index in [1.165, 1.54) is 35.0 Å². The van der Waals surface area contributed by atoms with Crippen LogP contribution in [0.1, 0.15) is 47.8 Å². The van der Waals surface area contributed by atoms with Crippen molar-refractivity contribution in [3.8, 4) is 11.7 Å². The lowest BCUT2D eigenvalue weighted by Gasteiger charge is -2.30. The number of rotatable bonds is 6. The van der Waals surface area contributed by atoms with Gasteiger partial charge in [0.25, 0.3) is 5.91 Å². The summed E-state index contributed by atoms with van der Waals surface area (Å²) in [6.45, 7) is 0.593. The number of benzene rings is 2. The Morgan fingerprint density at radius 1 is 1.16 bits per heavy atom. The first-order valence-electron chi connectivity index (χ1n) is 12.5. The van der Waals surface area contributed by atoms with E-state index in [-0.39, 0.29) is 23.1 Å².